The van der Waals surface area contributed by atoms with Crippen LogP contribution in [0, 0.1) is 5.92 Å². The lowest BCUT2D eigenvalue weighted by molar-refractivity contribution is 0.162. The predicted octanol–water partition coefficient (Wildman–Crippen LogP) is 2.35. The van der Waals surface area contributed by atoms with Crippen molar-refractivity contribution in [2.75, 3.05) is 6.61 Å². The fraction of sp³-hybridized carbons (Fsp3) is 0.500. The lowest BCUT2D eigenvalue weighted by Crippen LogP contribution is -2.47. The summed E-state index contributed by atoms with van der Waals surface area (Å²) in [5.74, 6) is 6.98. The van der Waals surface area contributed by atoms with Gasteiger partial charge in [0, 0.05) is 5.02 Å². The number of nitrogens with one attached hydrogen (secondary N) is 1. The monoisotopic (exact) mass is 240 g/mol. The molecule has 0 amide bonds. The van der Waals surface area contributed by atoms with Crippen LogP contribution in [-0.2, 0) is 0 Å². The van der Waals surface area contributed by atoms with Crippen LogP contribution >= 0.6 is 11.6 Å². The average Bonchev–Trinajstić information content (AvgIpc) is 2.21. The third-order valence-electron chi connectivity index (χ3n) is 3.16. The van der Waals surface area contributed by atoms with Crippen molar-refractivity contribution in [2.45, 2.75) is 25.3 Å². The van der Waals surface area contributed by atoms with Gasteiger partial charge < -0.3 is 4.74 Å². The Hall–Kier alpha value is -0.770. The molecule has 1 fully saturated rings. The molecule has 4 heteroatoms. The number of benzene rings is 1. The molecular weight excluding hydrogens is 224 g/mol. The maximum Gasteiger partial charge on any atom is 0.120 e. The summed E-state index contributed by atoms with van der Waals surface area (Å²) in [5.41, 5.74) is 2.83. The Morgan fingerprint density at radius 1 is 1.50 bits per heavy atom. The van der Waals surface area contributed by atoms with Gasteiger partial charge >= 0.3 is 0 Å². The number of rotatable bonds is 5. The van der Waals surface area contributed by atoms with Gasteiger partial charge in [0.2, 0.25) is 0 Å². The molecule has 1 aliphatic carbocycles. The number of hydrogen-bond donors (Lipinski definition) is 2. The van der Waals surface area contributed by atoms with Gasteiger partial charge in [-0.15, -0.1) is 0 Å². The van der Waals surface area contributed by atoms with Crippen LogP contribution in [0.4, 0.5) is 0 Å². The Morgan fingerprint density at radius 3 is 2.88 bits per heavy atom. The van der Waals surface area contributed by atoms with E-state index in [0.29, 0.717) is 17.5 Å². The normalized spacial score (nSPS) is 17.9. The number of hydrogen-bond acceptors (Lipinski definition) is 3. The highest BCUT2D eigenvalue weighted by molar-refractivity contribution is 6.30. The molecule has 1 aromatic rings. The summed E-state index contributed by atoms with van der Waals surface area (Å²) in [7, 11) is 0. The number of hydrazine groups is 1. The summed E-state index contributed by atoms with van der Waals surface area (Å²) < 4.78 is 5.67. The molecule has 0 saturated heterocycles. The highest BCUT2D eigenvalue weighted by Crippen LogP contribution is 2.29. The third-order valence-corrected chi connectivity index (χ3v) is 3.39. The molecule has 88 valence electrons. The van der Waals surface area contributed by atoms with Crippen LogP contribution in [0.3, 0.4) is 0 Å². The molecule has 1 aliphatic rings. The first kappa shape index (κ1) is 11.7. The highest BCUT2D eigenvalue weighted by atomic mass is 35.5. The van der Waals surface area contributed by atoms with Crippen molar-refractivity contribution in [3.63, 3.8) is 0 Å². The standard InChI is InChI=1S/C12H17ClN2O/c13-10-5-2-6-11(7-10)16-8-12(15-14)9-3-1-4-9/h2,5-7,9,12,15H,1,3-4,8,14H2. The van der Waals surface area contributed by atoms with E-state index in [1.807, 2.05) is 24.3 Å². The minimum atomic E-state index is 0.243. The smallest absolute Gasteiger partial charge is 0.120 e. The molecule has 0 heterocycles. The Morgan fingerprint density at radius 2 is 2.31 bits per heavy atom. The molecule has 3 nitrogen and oxygen atoms in total. The summed E-state index contributed by atoms with van der Waals surface area (Å²) in [6, 6.07) is 7.67. The molecule has 0 radical (unpaired) electrons. The largest absolute Gasteiger partial charge is 0.492 e. The zero-order chi connectivity index (χ0) is 11.4. The maximum atomic E-state index is 5.87. The van der Waals surface area contributed by atoms with Crippen molar-refractivity contribution in [3.8, 4) is 5.75 Å². The van der Waals surface area contributed by atoms with Crippen LogP contribution in [0.25, 0.3) is 0 Å². The highest BCUT2D eigenvalue weighted by Gasteiger charge is 2.26. The van der Waals surface area contributed by atoms with Gasteiger partial charge in [-0.1, -0.05) is 24.1 Å². The minimum Gasteiger partial charge on any atom is -0.492 e. The molecule has 3 N–H and O–H groups in total. The second kappa shape index (κ2) is 5.53. The van der Waals surface area contributed by atoms with Crippen molar-refractivity contribution in [1.82, 2.24) is 5.43 Å². The van der Waals surface area contributed by atoms with Crippen LogP contribution in [0.2, 0.25) is 5.02 Å². The van der Waals surface area contributed by atoms with E-state index < -0.39 is 0 Å². The van der Waals surface area contributed by atoms with E-state index in [4.69, 9.17) is 22.2 Å². The molecule has 0 aliphatic heterocycles. The van der Waals surface area contributed by atoms with Gasteiger partial charge in [-0.25, -0.2) is 0 Å². The molecule has 16 heavy (non-hydrogen) atoms. The lowest BCUT2D eigenvalue weighted by Gasteiger charge is -2.33. The Kier molecular flexibility index (Phi) is 4.04. The molecule has 1 saturated carbocycles. The summed E-state index contributed by atoms with van der Waals surface area (Å²) in [5, 5.41) is 0.693. The van der Waals surface area contributed by atoms with E-state index >= 15 is 0 Å². The second-order valence-electron chi connectivity index (χ2n) is 4.23. The van der Waals surface area contributed by atoms with E-state index in [1.54, 1.807) is 0 Å². The Bertz CT molecular complexity index is 342. The first-order valence-electron chi connectivity index (χ1n) is 5.64. The zero-order valence-corrected chi connectivity index (χ0v) is 9.91. The zero-order valence-electron chi connectivity index (χ0n) is 9.16. The van der Waals surface area contributed by atoms with Crippen molar-refractivity contribution in [2.24, 2.45) is 11.8 Å². The molecule has 0 bridgehead atoms. The van der Waals surface area contributed by atoms with E-state index in [9.17, 15) is 0 Å². The van der Waals surface area contributed by atoms with Crippen LogP contribution < -0.4 is 16.0 Å². The molecular formula is C12H17ClN2O. The first-order chi connectivity index (χ1) is 7.79. The SMILES string of the molecule is NNC(COc1cccc(Cl)c1)C1CCC1. The Labute approximate surface area is 101 Å². The third kappa shape index (κ3) is 2.88. The van der Waals surface area contributed by atoms with E-state index in [2.05, 4.69) is 5.43 Å². The Balaban J connectivity index is 1.85. The van der Waals surface area contributed by atoms with E-state index in [1.165, 1.54) is 19.3 Å². The molecule has 0 aromatic heterocycles. The fourth-order valence-electron chi connectivity index (χ4n) is 1.91. The van der Waals surface area contributed by atoms with Gasteiger partial charge in [-0.3, -0.25) is 11.3 Å². The summed E-state index contributed by atoms with van der Waals surface area (Å²) in [6.07, 6.45) is 3.79. The molecule has 1 aromatic carbocycles. The first-order valence-corrected chi connectivity index (χ1v) is 6.02. The fourth-order valence-corrected chi connectivity index (χ4v) is 2.09. The van der Waals surface area contributed by atoms with Gasteiger partial charge in [0.1, 0.15) is 12.4 Å². The van der Waals surface area contributed by atoms with E-state index in [-0.39, 0.29) is 6.04 Å². The topological polar surface area (TPSA) is 47.3 Å². The van der Waals surface area contributed by atoms with Crippen LogP contribution in [0.1, 0.15) is 19.3 Å². The summed E-state index contributed by atoms with van der Waals surface area (Å²) in [4.78, 5) is 0. The van der Waals surface area contributed by atoms with Gasteiger partial charge in [-0.05, 0) is 37.0 Å². The van der Waals surface area contributed by atoms with E-state index in [0.717, 1.165) is 5.75 Å². The summed E-state index contributed by atoms with van der Waals surface area (Å²) >= 11 is 5.87. The van der Waals surface area contributed by atoms with Gasteiger partial charge in [0.15, 0.2) is 0 Å². The predicted molar refractivity (Wildman–Crippen MR) is 65.4 cm³/mol. The van der Waals surface area contributed by atoms with Crippen LogP contribution in [0.5, 0.6) is 5.75 Å². The quantitative estimate of drug-likeness (QED) is 0.614. The molecule has 1 unspecified atom stereocenters. The maximum absolute atomic E-state index is 5.87. The van der Waals surface area contributed by atoms with Gasteiger partial charge in [0.25, 0.3) is 0 Å². The van der Waals surface area contributed by atoms with Crippen molar-refractivity contribution < 1.29 is 4.74 Å². The van der Waals surface area contributed by atoms with Crippen LogP contribution in [-0.4, -0.2) is 12.6 Å². The molecule has 0 spiro atoms. The summed E-state index contributed by atoms with van der Waals surface area (Å²) in [6.45, 7) is 0.599. The number of halogens is 1. The van der Waals surface area contributed by atoms with Gasteiger partial charge in [0.05, 0.1) is 6.04 Å². The minimum absolute atomic E-state index is 0.243. The number of nitrogens with two attached hydrogens (primary N) is 1. The van der Waals surface area contributed by atoms with Crippen LogP contribution in [0.15, 0.2) is 24.3 Å². The molecule has 1 atom stereocenters. The molecule has 2 rings (SSSR count). The van der Waals surface area contributed by atoms with Crippen molar-refractivity contribution >= 4 is 11.6 Å². The average molecular weight is 241 g/mol. The number of ether oxygens (including phenoxy) is 1. The van der Waals surface area contributed by atoms with Crippen molar-refractivity contribution in [1.29, 1.82) is 0 Å². The second-order valence-corrected chi connectivity index (χ2v) is 4.67. The van der Waals surface area contributed by atoms with Gasteiger partial charge in [-0.2, -0.15) is 0 Å². The lowest BCUT2D eigenvalue weighted by atomic mass is 9.80. The van der Waals surface area contributed by atoms with Crippen molar-refractivity contribution in [3.05, 3.63) is 29.3 Å².